The molecule has 5 nitrogen and oxygen atoms in total. The van der Waals surface area contributed by atoms with Crippen LogP contribution < -0.4 is 5.32 Å². The number of aryl methyl sites for hydroxylation is 2. The first-order valence-electron chi connectivity index (χ1n) is 8.60. The predicted molar refractivity (Wildman–Crippen MR) is 108 cm³/mol. The first-order chi connectivity index (χ1) is 12.8. The summed E-state index contributed by atoms with van der Waals surface area (Å²) < 4.78 is 26.8. The Bertz CT molecular complexity index is 1090. The fraction of sp³-hybridized carbons (Fsp3) is 0.190. The minimum atomic E-state index is -3.77. The van der Waals surface area contributed by atoms with Gasteiger partial charge in [0.15, 0.2) is 0 Å². The summed E-state index contributed by atoms with van der Waals surface area (Å²) in [6, 6.07) is 18.2. The van der Waals surface area contributed by atoms with Crippen LogP contribution in [0.4, 0.5) is 5.69 Å². The van der Waals surface area contributed by atoms with Gasteiger partial charge in [-0.3, -0.25) is 4.79 Å². The molecular weight excluding hydrogens is 360 g/mol. The molecule has 0 heterocycles. The molecule has 3 aromatic carbocycles. The Morgan fingerprint density at radius 2 is 1.56 bits per heavy atom. The number of anilines is 1. The zero-order valence-electron chi connectivity index (χ0n) is 15.6. The van der Waals surface area contributed by atoms with Gasteiger partial charge in [-0.05, 0) is 47.9 Å². The molecule has 0 saturated heterocycles. The number of rotatable bonds is 5. The maximum Gasteiger partial charge on any atom is 0.243 e. The lowest BCUT2D eigenvalue weighted by atomic mass is 10.1. The second-order valence-electron chi connectivity index (χ2n) is 6.59. The van der Waals surface area contributed by atoms with Crippen molar-refractivity contribution in [3.8, 4) is 0 Å². The molecule has 3 rings (SSSR count). The van der Waals surface area contributed by atoms with Gasteiger partial charge in [-0.1, -0.05) is 48.5 Å². The van der Waals surface area contributed by atoms with E-state index in [4.69, 9.17) is 0 Å². The Morgan fingerprint density at radius 3 is 2.22 bits per heavy atom. The minimum absolute atomic E-state index is 0.170. The van der Waals surface area contributed by atoms with Crippen LogP contribution in [0.25, 0.3) is 10.8 Å². The number of sulfonamides is 1. The van der Waals surface area contributed by atoms with Crippen LogP contribution in [0, 0.1) is 13.8 Å². The van der Waals surface area contributed by atoms with Crippen LogP contribution in [0.3, 0.4) is 0 Å². The number of nitrogens with one attached hydrogen (secondary N) is 1. The summed E-state index contributed by atoms with van der Waals surface area (Å²) in [4.78, 5) is 12.6. The van der Waals surface area contributed by atoms with Crippen LogP contribution >= 0.6 is 0 Å². The van der Waals surface area contributed by atoms with Crippen LogP contribution in [0.2, 0.25) is 0 Å². The van der Waals surface area contributed by atoms with Crippen LogP contribution in [-0.2, 0) is 14.8 Å². The summed E-state index contributed by atoms with van der Waals surface area (Å²) in [5.41, 5.74) is 2.59. The Labute approximate surface area is 159 Å². The van der Waals surface area contributed by atoms with Crippen molar-refractivity contribution in [1.29, 1.82) is 0 Å². The number of benzene rings is 3. The zero-order valence-corrected chi connectivity index (χ0v) is 16.4. The highest BCUT2D eigenvalue weighted by molar-refractivity contribution is 7.89. The molecule has 0 aromatic heterocycles. The Balaban J connectivity index is 1.79. The first-order valence-corrected chi connectivity index (χ1v) is 10.0. The molecule has 0 saturated carbocycles. The van der Waals surface area contributed by atoms with Crippen LogP contribution in [0.15, 0.2) is 65.6 Å². The Morgan fingerprint density at radius 1 is 0.926 bits per heavy atom. The second-order valence-corrected chi connectivity index (χ2v) is 8.63. The van der Waals surface area contributed by atoms with Crippen molar-refractivity contribution in [3.05, 3.63) is 71.8 Å². The normalized spacial score (nSPS) is 11.7. The first kappa shape index (κ1) is 19.1. The minimum Gasteiger partial charge on any atom is -0.324 e. The molecule has 0 bridgehead atoms. The molecule has 1 N–H and O–H groups in total. The van der Waals surface area contributed by atoms with Crippen molar-refractivity contribution in [2.24, 2.45) is 0 Å². The lowest BCUT2D eigenvalue weighted by molar-refractivity contribution is -0.116. The van der Waals surface area contributed by atoms with Crippen molar-refractivity contribution < 1.29 is 13.2 Å². The molecule has 0 atom stereocenters. The van der Waals surface area contributed by atoms with E-state index in [1.807, 2.05) is 56.3 Å². The van der Waals surface area contributed by atoms with Crippen LogP contribution in [0.5, 0.6) is 0 Å². The van der Waals surface area contributed by atoms with Crippen molar-refractivity contribution in [2.75, 3.05) is 18.9 Å². The molecule has 1 amide bonds. The van der Waals surface area contributed by atoms with E-state index < -0.39 is 10.0 Å². The Kier molecular flexibility index (Phi) is 5.30. The maximum absolute atomic E-state index is 12.8. The highest BCUT2D eigenvalue weighted by atomic mass is 32.2. The summed E-state index contributed by atoms with van der Waals surface area (Å²) in [5.74, 6) is -0.376. The van der Waals surface area contributed by atoms with E-state index in [9.17, 15) is 13.2 Å². The molecule has 140 valence electrons. The van der Waals surface area contributed by atoms with E-state index in [-0.39, 0.29) is 17.3 Å². The molecule has 0 radical (unpaired) electrons. The largest absolute Gasteiger partial charge is 0.324 e. The third kappa shape index (κ3) is 4.02. The van der Waals surface area contributed by atoms with Crippen LogP contribution in [-0.4, -0.2) is 32.2 Å². The quantitative estimate of drug-likeness (QED) is 0.731. The average molecular weight is 382 g/mol. The van der Waals surface area contributed by atoms with Gasteiger partial charge in [-0.15, -0.1) is 0 Å². The summed E-state index contributed by atoms with van der Waals surface area (Å²) in [5, 5.41) is 4.62. The molecule has 0 aliphatic carbocycles. The van der Waals surface area contributed by atoms with E-state index >= 15 is 0 Å². The van der Waals surface area contributed by atoms with Gasteiger partial charge in [0.25, 0.3) is 0 Å². The number of hydrogen-bond acceptors (Lipinski definition) is 3. The van der Waals surface area contributed by atoms with Gasteiger partial charge < -0.3 is 5.32 Å². The number of para-hydroxylation sites is 1. The van der Waals surface area contributed by atoms with E-state index in [0.29, 0.717) is 0 Å². The van der Waals surface area contributed by atoms with Gasteiger partial charge in [0.05, 0.1) is 11.4 Å². The zero-order chi connectivity index (χ0) is 19.6. The molecule has 6 heteroatoms. The number of hydrogen-bond donors (Lipinski definition) is 1. The number of fused-ring (bicyclic) bond motifs is 1. The molecule has 27 heavy (non-hydrogen) atoms. The highest BCUT2D eigenvalue weighted by Gasteiger charge is 2.23. The van der Waals surface area contributed by atoms with E-state index in [0.717, 1.165) is 31.9 Å². The summed E-state index contributed by atoms with van der Waals surface area (Å²) in [6.07, 6.45) is 0. The second kappa shape index (κ2) is 7.50. The number of likely N-dealkylation sites (N-methyl/N-ethyl adjacent to an activating group) is 1. The van der Waals surface area contributed by atoms with Gasteiger partial charge in [0, 0.05) is 12.7 Å². The van der Waals surface area contributed by atoms with E-state index in [2.05, 4.69) is 5.32 Å². The van der Waals surface area contributed by atoms with Crippen molar-refractivity contribution in [3.63, 3.8) is 0 Å². The van der Waals surface area contributed by atoms with E-state index in [1.54, 1.807) is 18.2 Å². The fourth-order valence-electron chi connectivity index (χ4n) is 2.99. The summed E-state index contributed by atoms with van der Waals surface area (Å²) in [7, 11) is -2.35. The van der Waals surface area contributed by atoms with Gasteiger partial charge in [0.2, 0.25) is 15.9 Å². The predicted octanol–water partition coefficient (Wildman–Crippen LogP) is 3.72. The Hall–Kier alpha value is -2.70. The molecule has 0 unspecified atom stereocenters. The topological polar surface area (TPSA) is 66.5 Å². The van der Waals surface area contributed by atoms with E-state index in [1.165, 1.54) is 7.05 Å². The van der Waals surface area contributed by atoms with Crippen molar-refractivity contribution in [1.82, 2.24) is 4.31 Å². The summed E-state index contributed by atoms with van der Waals surface area (Å²) >= 11 is 0. The number of carbonyl (C=O) groups excluding carboxylic acids is 1. The van der Waals surface area contributed by atoms with Gasteiger partial charge >= 0.3 is 0 Å². The van der Waals surface area contributed by atoms with Gasteiger partial charge in [0.1, 0.15) is 0 Å². The molecular formula is C21H22N2O3S. The highest BCUT2D eigenvalue weighted by Crippen LogP contribution is 2.22. The number of amides is 1. The molecule has 0 aliphatic rings. The standard InChI is InChI=1S/C21H22N2O3S/c1-15-7-6-8-16(2)21(15)22-20(24)14-23(3)27(25,26)19-12-11-17-9-4-5-10-18(17)13-19/h4-13H,14H2,1-3H3,(H,22,24). The number of carbonyl (C=O) groups is 1. The lowest BCUT2D eigenvalue weighted by Crippen LogP contribution is -2.35. The smallest absolute Gasteiger partial charge is 0.243 e. The maximum atomic E-state index is 12.8. The monoisotopic (exact) mass is 382 g/mol. The lowest BCUT2D eigenvalue weighted by Gasteiger charge is -2.18. The molecule has 0 fully saturated rings. The third-order valence-electron chi connectivity index (χ3n) is 4.54. The average Bonchev–Trinajstić information content (AvgIpc) is 2.64. The van der Waals surface area contributed by atoms with Crippen LogP contribution in [0.1, 0.15) is 11.1 Å². The van der Waals surface area contributed by atoms with Crippen molar-refractivity contribution >= 4 is 32.4 Å². The molecule has 3 aromatic rings. The summed E-state index contributed by atoms with van der Waals surface area (Å²) in [6.45, 7) is 3.54. The number of nitrogens with zero attached hydrogens (tertiary/aromatic N) is 1. The fourth-order valence-corrected chi connectivity index (χ4v) is 4.15. The van der Waals surface area contributed by atoms with Gasteiger partial charge in [-0.2, -0.15) is 4.31 Å². The van der Waals surface area contributed by atoms with Crippen molar-refractivity contribution in [2.45, 2.75) is 18.7 Å². The molecule has 0 spiro atoms. The molecule has 0 aliphatic heterocycles. The SMILES string of the molecule is Cc1cccc(C)c1NC(=O)CN(C)S(=O)(=O)c1ccc2ccccc2c1. The van der Waals surface area contributed by atoms with Gasteiger partial charge in [-0.25, -0.2) is 8.42 Å². The third-order valence-corrected chi connectivity index (χ3v) is 6.34.